The van der Waals surface area contributed by atoms with Gasteiger partial charge in [0.2, 0.25) is 5.01 Å². The normalized spacial score (nSPS) is 10.3. The third kappa shape index (κ3) is 4.85. The Kier molecular flexibility index (Phi) is 5.72. The molecule has 3 aromatic rings. The molecule has 0 bridgehead atoms. The third-order valence-electron chi connectivity index (χ3n) is 3.50. The van der Waals surface area contributed by atoms with Crippen LogP contribution in [0.5, 0.6) is 5.75 Å². The second-order valence-corrected chi connectivity index (χ2v) is 6.44. The van der Waals surface area contributed by atoms with Crippen molar-refractivity contribution in [3.05, 3.63) is 69.9 Å². The van der Waals surface area contributed by atoms with Gasteiger partial charge in [-0.3, -0.25) is 9.59 Å². The van der Waals surface area contributed by atoms with E-state index in [0.717, 1.165) is 17.4 Å². The van der Waals surface area contributed by atoms with Crippen LogP contribution in [0.1, 0.15) is 25.2 Å². The predicted molar refractivity (Wildman–Crippen MR) is 98.4 cm³/mol. The highest BCUT2D eigenvalue weighted by Crippen LogP contribution is 2.17. The van der Waals surface area contributed by atoms with E-state index in [1.165, 1.54) is 18.2 Å². The smallest absolute Gasteiger partial charge is 0.286 e. The van der Waals surface area contributed by atoms with Crippen LogP contribution in [0.15, 0.2) is 48.5 Å². The van der Waals surface area contributed by atoms with Crippen LogP contribution in [0.2, 0.25) is 0 Å². The summed E-state index contributed by atoms with van der Waals surface area (Å²) in [7, 11) is 1.56. The number of carbonyl (C=O) groups excluding carboxylic acids is 2. The van der Waals surface area contributed by atoms with Gasteiger partial charge in [-0.25, -0.2) is 4.39 Å². The number of carbonyl (C=O) groups is 2. The standard InChI is InChI=1S/C18H15FN4O3S/c1-26-14-7-5-13(6-8-14)21-17(25)18-23-22-15(27-18)10-20-16(24)11-3-2-4-12(19)9-11/h2-9H,10H2,1H3,(H,20,24)(H,21,25). The number of nitrogens with zero attached hydrogens (tertiary/aromatic N) is 2. The molecule has 0 aliphatic carbocycles. The Balaban J connectivity index is 1.57. The third-order valence-corrected chi connectivity index (χ3v) is 4.42. The maximum absolute atomic E-state index is 13.2. The van der Waals surface area contributed by atoms with Crippen LogP contribution in [0, 0.1) is 5.82 Å². The van der Waals surface area contributed by atoms with Crippen LogP contribution in [0.25, 0.3) is 0 Å². The highest BCUT2D eigenvalue weighted by atomic mass is 32.1. The molecule has 3 rings (SSSR count). The van der Waals surface area contributed by atoms with Gasteiger partial charge in [-0.05, 0) is 42.5 Å². The molecule has 138 valence electrons. The monoisotopic (exact) mass is 386 g/mol. The largest absolute Gasteiger partial charge is 0.497 e. The molecule has 0 aliphatic heterocycles. The molecule has 2 N–H and O–H groups in total. The molecular formula is C18H15FN4O3S. The van der Waals surface area contributed by atoms with Crippen LogP contribution < -0.4 is 15.4 Å². The summed E-state index contributed by atoms with van der Waals surface area (Å²) in [5.41, 5.74) is 0.800. The van der Waals surface area contributed by atoms with Crippen molar-refractivity contribution >= 4 is 28.8 Å². The van der Waals surface area contributed by atoms with Gasteiger partial charge in [0.1, 0.15) is 16.6 Å². The molecule has 7 nitrogen and oxygen atoms in total. The van der Waals surface area contributed by atoms with Crippen molar-refractivity contribution in [1.82, 2.24) is 15.5 Å². The molecular weight excluding hydrogens is 371 g/mol. The van der Waals surface area contributed by atoms with Gasteiger partial charge in [0.25, 0.3) is 11.8 Å². The summed E-state index contributed by atoms with van der Waals surface area (Å²) in [6.07, 6.45) is 0. The molecule has 0 saturated carbocycles. The molecule has 9 heteroatoms. The summed E-state index contributed by atoms with van der Waals surface area (Å²) < 4.78 is 18.2. The highest BCUT2D eigenvalue weighted by Gasteiger charge is 2.14. The number of benzene rings is 2. The average molecular weight is 386 g/mol. The number of aromatic nitrogens is 2. The number of nitrogens with one attached hydrogen (secondary N) is 2. The van der Waals surface area contributed by atoms with Gasteiger partial charge >= 0.3 is 0 Å². The van der Waals surface area contributed by atoms with Gasteiger partial charge in [-0.15, -0.1) is 10.2 Å². The van der Waals surface area contributed by atoms with E-state index in [2.05, 4.69) is 20.8 Å². The average Bonchev–Trinajstić information content (AvgIpc) is 3.16. The van der Waals surface area contributed by atoms with Gasteiger partial charge in [-0.1, -0.05) is 17.4 Å². The van der Waals surface area contributed by atoms with E-state index in [1.54, 1.807) is 31.4 Å². The lowest BCUT2D eigenvalue weighted by Gasteiger charge is -2.04. The van der Waals surface area contributed by atoms with E-state index in [-0.39, 0.29) is 17.1 Å². The zero-order chi connectivity index (χ0) is 19.2. The number of hydrogen-bond donors (Lipinski definition) is 2. The Morgan fingerprint density at radius 3 is 2.59 bits per heavy atom. The van der Waals surface area contributed by atoms with Gasteiger partial charge in [0, 0.05) is 11.3 Å². The highest BCUT2D eigenvalue weighted by molar-refractivity contribution is 7.13. The molecule has 2 amide bonds. The minimum Gasteiger partial charge on any atom is -0.497 e. The molecule has 0 atom stereocenters. The summed E-state index contributed by atoms with van der Waals surface area (Å²) in [4.78, 5) is 24.2. The Labute approximate surface area is 158 Å². The first-order valence-corrected chi connectivity index (χ1v) is 8.68. The van der Waals surface area contributed by atoms with E-state index >= 15 is 0 Å². The Hall–Kier alpha value is -3.33. The Bertz CT molecular complexity index is 959. The first-order chi connectivity index (χ1) is 13.0. The molecule has 0 fully saturated rings. The second kappa shape index (κ2) is 8.37. The van der Waals surface area contributed by atoms with Crippen LogP contribution in [-0.2, 0) is 6.54 Å². The minimum atomic E-state index is -0.490. The van der Waals surface area contributed by atoms with Gasteiger partial charge in [0.05, 0.1) is 13.7 Å². The lowest BCUT2D eigenvalue weighted by atomic mass is 10.2. The summed E-state index contributed by atoms with van der Waals surface area (Å²) in [6.45, 7) is 0.0861. The van der Waals surface area contributed by atoms with Crippen LogP contribution in [0.3, 0.4) is 0 Å². The molecule has 1 heterocycles. The number of rotatable bonds is 6. The molecule has 0 radical (unpaired) electrons. The van der Waals surface area contributed by atoms with Crippen molar-refractivity contribution < 1.29 is 18.7 Å². The number of halogens is 1. The SMILES string of the molecule is COc1ccc(NC(=O)c2nnc(CNC(=O)c3cccc(F)c3)s2)cc1. The predicted octanol–water partition coefficient (Wildman–Crippen LogP) is 2.87. The number of anilines is 1. The quantitative estimate of drug-likeness (QED) is 0.680. The van der Waals surface area contributed by atoms with Gasteiger partial charge < -0.3 is 15.4 Å². The van der Waals surface area contributed by atoms with Gasteiger partial charge in [-0.2, -0.15) is 0 Å². The van der Waals surface area contributed by atoms with E-state index in [1.807, 2.05) is 0 Å². The maximum atomic E-state index is 13.2. The summed E-state index contributed by atoms with van der Waals surface area (Å²) in [5, 5.41) is 13.7. The summed E-state index contributed by atoms with van der Waals surface area (Å²) >= 11 is 1.06. The fourth-order valence-electron chi connectivity index (χ4n) is 2.16. The fraction of sp³-hybridized carbons (Fsp3) is 0.111. The first kappa shape index (κ1) is 18.5. The second-order valence-electron chi connectivity index (χ2n) is 5.38. The number of hydrogen-bond acceptors (Lipinski definition) is 6. The van der Waals surface area contributed by atoms with Crippen molar-refractivity contribution in [2.24, 2.45) is 0 Å². The minimum absolute atomic E-state index is 0.0861. The number of ether oxygens (including phenoxy) is 1. The molecule has 1 aromatic heterocycles. The van der Waals surface area contributed by atoms with Crippen LogP contribution in [0.4, 0.5) is 10.1 Å². The number of amides is 2. The van der Waals surface area contributed by atoms with Crippen LogP contribution >= 0.6 is 11.3 Å². The lowest BCUT2D eigenvalue weighted by molar-refractivity contribution is 0.0949. The molecule has 0 aliphatic rings. The van der Waals surface area contributed by atoms with Crippen molar-refractivity contribution in [2.75, 3.05) is 12.4 Å². The molecule has 0 saturated heterocycles. The van der Waals surface area contributed by atoms with Gasteiger partial charge in [0.15, 0.2) is 0 Å². The summed E-state index contributed by atoms with van der Waals surface area (Å²) in [5.74, 6) is -0.648. The van der Waals surface area contributed by atoms with Crippen molar-refractivity contribution in [2.45, 2.75) is 6.54 Å². The first-order valence-electron chi connectivity index (χ1n) is 7.86. The van der Waals surface area contributed by atoms with Crippen molar-refractivity contribution in [1.29, 1.82) is 0 Å². The van der Waals surface area contributed by atoms with E-state index in [0.29, 0.717) is 16.4 Å². The zero-order valence-corrected chi connectivity index (χ0v) is 15.0. The van der Waals surface area contributed by atoms with Crippen LogP contribution in [-0.4, -0.2) is 29.1 Å². The number of methoxy groups -OCH3 is 1. The van der Waals surface area contributed by atoms with E-state index in [9.17, 15) is 14.0 Å². The summed E-state index contributed by atoms with van der Waals surface area (Å²) in [6, 6.07) is 12.2. The topological polar surface area (TPSA) is 93.2 Å². The zero-order valence-electron chi connectivity index (χ0n) is 14.2. The lowest BCUT2D eigenvalue weighted by Crippen LogP contribution is -2.22. The Morgan fingerprint density at radius 2 is 1.89 bits per heavy atom. The molecule has 27 heavy (non-hydrogen) atoms. The fourth-order valence-corrected chi connectivity index (χ4v) is 2.84. The maximum Gasteiger partial charge on any atom is 0.286 e. The van der Waals surface area contributed by atoms with E-state index < -0.39 is 17.6 Å². The van der Waals surface area contributed by atoms with Crippen molar-refractivity contribution in [3.8, 4) is 5.75 Å². The van der Waals surface area contributed by atoms with Crippen molar-refractivity contribution in [3.63, 3.8) is 0 Å². The molecule has 2 aromatic carbocycles. The van der Waals surface area contributed by atoms with E-state index in [4.69, 9.17) is 4.74 Å². The Morgan fingerprint density at radius 1 is 1.11 bits per heavy atom. The molecule has 0 unspecified atom stereocenters. The molecule has 0 spiro atoms.